The molecule has 2 unspecified atom stereocenters. The predicted molar refractivity (Wildman–Crippen MR) is 150 cm³/mol. The maximum absolute atomic E-state index is 13.6. The molecule has 2 atom stereocenters. The summed E-state index contributed by atoms with van der Waals surface area (Å²) in [6, 6.07) is 17.4. The number of hydrogen-bond acceptors (Lipinski definition) is 6. The fraction of sp³-hybridized carbons (Fsp3) is 0.400. The molecule has 0 spiro atoms. The van der Waals surface area contributed by atoms with Crippen molar-refractivity contribution in [2.75, 3.05) is 38.2 Å². The number of anilines is 1. The summed E-state index contributed by atoms with van der Waals surface area (Å²) in [5, 5.41) is 5.58. The van der Waals surface area contributed by atoms with Crippen LogP contribution in [-0.2, 0) is 30.5 Å². The fourth-order valence-corrected chi connectivity index (χ4v) is 4.22. The summed E-state index contributed by atoms with van der Waals surface area (Å²) in [6.07, 6.45) is 3.15. The van der Waals surface area contributed by atoms with E-state index in [0.717, 1.165) is 11.1 Å². The molecular weight excluding hydrogens is 510 g/mol. The van der Waals surface area contributed by atoms with Gasteiger partial charge in [0.05, 0.1) is 32.8 Å². The zero-order chi connectivity index (χ0) is 28.5. The van der Waals surface area contributed by atoms with E-state index in [4.69, 9.17) is 9.47 Å². The number of morpholine rings is 1. The number of carbonyl (C=O) groups is 3. The van der Waals surface area contributed by atoms with Crippen LogP contribution in [-0.4, -0.2) is 71.1 Å². The Balaban J connectivity index is 1.49. The van der Waals surface area contributed by atoms with Crippen molar-refractivity contribution in [3.8, 4) is 0 Å². The Morgan fingerprint density at radius 1 is 1.00 bits per heavy atom. The van der Waals surface area contributed by atoms with Crippen LogP contribution in [0.25, 0.3) is 0 Å². The van der Waals surface area contributed by atoms with E-state index >= 15 is 0 Å². The molecule has 10 nitrogen and oxygen atoms in total. The second-order valence-electron chi connectivity index (χ2n) is 10.7. The van der Waals surface area contributed by atoms with Crippen molar-refractivity contribution in [1.29, 1.82) is 0 Å². The lowest BCUT2D eigenvalue weighted by Crippen LogP contribution is -2.50. The van der Waals surface area contributed by atoms with Crippen LogP contribution in [0.15, 0.2) is 73.2 Å². The van der Waals surface area contributed by atoms with Crippen LogP contribution in [0.1, 0.15) is 37.9 Å². The SMILES string of the molecule is CC(C)(C)C(=O)NC(COCc1ccccc1)C(=O)Nc1cn(C(C(=O)N2CCOCC2)c2ccccc2)cn1. The number of nitrogens with zero attached hydrogens (tertiary/aromatic N) is 3. The first-order valence-electron chi connectivity index (χ1n) is 13.4. The van der Waals surface area contributed by atoms with E-state index in [1.54, 1.807) is 36.4 Å². The molecule has 0 aliphatic carbocycles. The summed E-state index contributed by atoms with van der Waals surface area (Å²) in [7, 11) is 0. The van der Waals surface area contributed by atoms with Crippen LogP contribution >= 0.6 is 0 Å². The number of amides is 3. The lowest BCUT2D eigenvalue weighted by molar-refractivity contribution is -0.137. The Labute approximate surface area is 234 Å². The third kappa shape index (κ3) is 7.77. The average molecular weight is 548 g/mol. The van der Waals surface area contributed by atoms with Crippen LogP contribution in [0.5, 0.6) is 0 Å². The van der Waals surface area contributed by atoms with Gasteiger partial charge in [-0.05, 0) is 11.1 Å². The monoisotopic (exact) mass is 547 g/mol. The first-order chi connectivity index (χ1) is 19.2. The van der Waals surface area contributed by atoms with Crippen molar-refractivity contribution in [2.24, 2.45) is 5.41 Å². The number of imidazole rings is 1. The summed E-state index contributed by atoms with van der Waals surface area (Å²) in [4.78, 5) is 45.7. The van der Waals surface area contributed by atoms with E-state index in [0.29, 0.717) is 32.9 Å². The van der Waals surface area contributed by atoms with Crippen molar-refractivity contribution in [2.45, 2.75) is 39.5 Å². The lowest BCUT2D eigenvalue weighted by Gasteiger charge is -2.31. The highest BCUT2D eigenvalue weighted by molar-refractivity contribution is 5.97. The average Bonchev–Trinajstić information content (AvgIpc) is 3.41. The van der Waals surface area contributed by atoms with E-state index in [2.05, 4.69) is 15.6 Å². The normalized spacial score (nSPS) is 15.2. The Bertz CT molecular complexity index is 1270. The fourth-order valence-electron chi connectivity index (χ4n) is 4.22. The Morgan fingerprint density at radius 3 is 2.30 bits per heavy atom. The van der Waals surface area contributed by atoms with E-state index in [-0.39, 0.29) is 24.2 Å². The highest BCUT2D eigenvalue weighted by Crippen LogP contribution is 2.23. The zero-order valence-corrected chi connectivity index (χ0v) is 23.2. The predicted octanol–water partition coefficient (Wildman–Crippen LogP) is 3.02. The van der Waals surface area contributed by atoms with Gasteiger partial charge in [0, 0.05) is 24.7 Å². The van der Waals surface area contributed by atoms with E-state index < -0.39 is 23.4 Å². The number of rotatable bonds is 10. The van der Waals surface area contributed by atoms with Gasteiger partial charge in [-0.15, -0.1) is 0 Å². The van der Waals surface area contributed by atoms with E-state index in [1.165, 1.54) is 6.33 Å². The Morgan fingerprint density at radius 2 is 1.65 bits per heavy atom. The van der Waals surface area contributed by atoms with Crippen LogP contribution in [0.3, 0.4) is 0 Å². The molecule has 40 heavy (non-hydrogen) atoms. The van der Waals surface area contributed by atoms with Crippen molar-refractivity contribution in [1.82, 2.24) is 19.8 Å². The molecule has 0 bridgehead atoms. The molecule has 1 aliphatic heterocycles. The van der Waals surface area contributed by atoms with E-state index in [1.807, 2.05) is 60.7 Å². The van der Waals surface area contributed by atoms with Gasteiger partial charge < -0.3 is 29.6 Å². The summed E-state index contributed by atoms with van der Waals surface area (Å²) in [6.45, 7) is 7.62. The third-order valence-electron chi connectivity index (χ3n) is 6.52. The number of carbonyl (C=O) groups excluding carboxylic acids is 3. The molecule has 1 saturated heterocycles. The maximum Gasteiger partial charge on any atom is 0.250 e. The quantitative estimate of drug-likeness (QED) is 0.403. The molecule has 3 amide bonds. The summed E-state index contributed by atoms with van der Waals surface area (Å²) >= 11 is 0. The number of benzene rings is 2. The van der Waals surface area contributed by atoms with Gasteiger partial charge in [-0.25, -0.2) is 4.98 Å². The molecule has 2 aromatic carbocycles. The molecule has 10 heteroatoms. The minimum atomic E-state index is -0.944. The molecule has 0 radical (unpaired) electrons. The topological polar surface area (TPSA) is 115 Å². The minimum Gasteiger partial charge on any atom is -0.378 e. The molecule has 212 valence electrons. The van der Waals surface area contributed by atoms with Crippen molar-refractivity contribution in [3.63, 3.8) is 0 Å². The first kappa shape index (κ1) is 29.0. The zero-order valence-electron chi connectivity index (χ0n) is 23.2. The van der Waals surface area contributed by atoms with Crippen molar-refractivity contribution >= 4 is 23.5 Å². The maximum atomic E-state index is 13.6. The van der Waals surface area contributed by atoms with Gasteiger partial charge in [0.2, 0.25) is 11.8 Å². The van der Waals surface area contributed by atoms with Crippen molar-refractivity contribution < 1.29 is 23.9 Å². The summed E-state index contributed by atoms with van der Waals surface area (Å²) < 4.78 is 12.9. The number of ether oxygens (including phenoxy) is 2. The van der Waals surface area contributed by atoms with Gasteiger partial charge >= 0.3 is 0 Å². The first-order valence-corrected chi connectivity index (χ1v) is 13.4. The van der Waals surface area contributed by atoms with Crippen molar-refractivity contribution in [3.05, 3.63) is 84.3 Å². The third-order valence-corrected chi connectivity index (χ3v) is 6.52. The molecule has 0 saturated carbocycles. The van der Waals surface area contributed by atoms with Gasteiger partial charge in [-0.2, -0.15) is 0 Å². The lowest BCUT2D eigenvalue weighted by atomic mass is 9.95. The summed E-state index contributed by atoms with van der Waals surface area (Å²) in [5.74, 6) is -0.554. The van der Waals surface area contributed by atoms with E-state index in [9.17, 15) is 14.4 Å². The Kier molecular flexibility index (Phi) is 9.68. The van der Waals surface area contributed by atoms with Crippen LogP contribution in [0.2, 0.25) is 0 Å². The summed E-state index contributed by atoms with van der Waals surface area (Å²) in [5.41, 5.74) is 1.07. The smallest absolute Gasteiger partial charge is 0.250 e. The highest BCUT2D eigenvalue weighted by atomic mass is 16.5. The van der Waals surface area contributed by atoms with Gasteiger partial charge in [-0.3, -0.25) is 14.4 Å². The number of nitrogens with one attached hydrogen (secondary N) is 2. The van der Waals surface area contributed by atoms with Crippen LogP contribution in [0.4, 0.5) is 5.82 Å². The molecule has 4 rings (SSSR count). The molecule has 1 aromatic heterocycles. The van der Waals surface area contributed by atoms with Gasteiger partial charge in [0.15, 0.2) is 5.82 Å². The van der Waals surface area contributed by atoms with Gasteiger partial charge in [0.25, 0.3) is 5.91 Å². The largest absolute Gasteiger partial charge is 0.378 e. The standard InChI is InChI=1S/C30H37N5O5/c1-30(2,3)29(38)32-24(20-40-19-22-10-6-4-7-11-22)27(36)33-25-18-35(21-31-25)26(23-12-8-5-9-13-23)28(37)34-14-16-39-17-15-34/h4-13,18,21,24,26H,14-17,19-20H2,1-3H3,(H,32,38)(H,33,36). The minimum absolute atomic E-state index is 0.0224. The molecule has 3 aromatic rings. The number of hydrogen-bond donors (Lipinski definition) is 2. The molecule has 1 fully saturated rings. The van der Waals surface area contributed by atoms with Crippen LogP contribution in [0, 0.1) is 5.41 Å². The Hall–Kier alpha value is -4.02. The molecular formula is C30H37N5O5. The molecule has 2 N–H and O–H groups in total. The highest BCUT2D eigenvalue weighted by Gasteiger charge is 2.30. The second kappa shape index (κ2) is 13.4. The molecule has 2 heterocycles. The van der Waals surface area contributed by atoms with Gasteiger partial charge in [-0.1, -0.05) is 81.4 Å². The molecule has 1 aliphatic rings. The van der Waals surface area contributed by atoms with Crippen LogP contribution < -0.4 is 10.6 Å². The van der Waals surface area contributed by atoms with Gasteiger partial charge in [0.1, 0.15) is 12.1 Å². The number of aromatic nitrogens is 2. The second-order valence-corrected chi connectivity index (χ2v) is 10.7.